The lowest BCUT2D eigenvalue weighted by Crippen LogP contribution is -2.29. The van der Waals surface area contributed by atoms with Crippen LogP contribution in [0.25, 0.3) is 6.08 Å². The Bertz CT molecular complexity index is 1000. The summed E-state index contributed by atoms with van der Waals surface area (Å²) in [5, 5.41) is 11.5. The number of carbonyl (C=O) groups is 1. The molecular formula is C21H16ClN3O3. The second-order valence-electron chi connectivity index (χ2n) is 5.91. The number of halogens is 1. The zero-order valence-electron chi connectivity index (χ0n) is 14.7. The maximum Gasteiger partial charge on any atom is 0.270 e. The van der Waals surface area contributed by atoms with Crippen molar-refractivity contribution in [3.8, 4) is 0 Å². The minimum atomic E-state index is -0.472. The number of anilines is 1. The van der Waals surface area contributed by atoms with Gasteiger partial charge in [-0.05, 0) is 48.0 Å². The quantitative estimate of drug-likeness (QED) is 0.339. The summed E-state index contributed by atoms with van der Waals surface area (Å²) in [6, 6.07) is 18.5. The molecule has 1 heterocycles. The lowest BCUT2D eigenvalue weighted by molar-refractivity contribution is -0.384. The van der Waals surface area contributed by atoms with Crippen molar-refractivity contribution < 1.29 is 9.72 Å². The van der Waals surface area contributed by atoms with Crippen molar-refractivity contribution in [3.63, 3.8) is 0 Å². The molecule has 7 heteroatoms. The van der Waals surface area contributed by atoms with E-state index >= 15 is 0 Å². The molecule has 3 rings (SSSR count). The summed E-state index contributed by atoms with van der Waals surface area (Å²) in [6.07, 6.45) is 4.60. The fraction of sp³-hybridized carbons (Fsp3) is 0.0476. The highest BCUT2D eigenvalue weighted by Gasteiger charge is 2.15. The van der Waals surface area contributed by atoms with Crippen LogP contribution in [-0.2, 0) is 11.3 Å². The first-order chi connectivity index (χ1) is 13.5. The maximum absolute atomic E-state index is 12.9. The summed E-state index contributed by atoms with van der Waals surface area (Å²) < 4.78 is 0. The van der Waals surface area contributed by atoms with Crippen LogP contribution in [0.4, 0.5) is 11.4 Å². The summed E-state index contributed by atoms with van der Waals surface area (Å²) in [5.41, 5.74) is 1.94. The lowest BCUT2D eigenvalue weighted by Gasteiger charge is -2.21. The van der Waals surface area contributed by atoms with Crippen LogP contribution in [0.15, 0.2) is 79.0 Å². The molecule has 0 atom stereocenters. The Balaban J connectivity index is 1.86. The molecule has 0 saturated carbocycles. The first-order valence-corrected chi connectivity index (χ1v) is 8.80. The summed E-state index contributed by atoms with van der Waals surface area (Å²) in [6.45, 7) is 0.278. The largest absolute Gasteiger partial charge is 0.303 e. The van der Waals surface area contributed by atoms with Gasteiger partial charge in [0.25, 0.3) is 11.6 Å². The van der Waals surface area contributed by atoms with Crippen LogP contribution in [0, 0.1) is 10.1 Å². The molecule has 6 nitrogen and oxygen atoms in total. The maximum atomic E-state index is 12.9. The Morgan fingerprint density at radius 3 is 2.57 bits per heavy atom. The predicted octanol–water partition coefficient (Wildman–Crippen LogP) is 4.89. The Morgan fingerprint density at radius 1 is 1.11 bits per heavy atom. The van der Waals surface area contributed by atoms with E-state index in [2.05, 4.69) is 4.98 Å². The smallest absolute Gasteiger partial charge is 0.270 e. The third-order valence-corrected chi connectivity index (χ3v) is 4.20. The average molecular weight is 394 g/mol. The zero-order chi connectivity index (χ0) is 19.9. The highest BCUT2D eigenvalue weighted by atomic mass is 35.5. The average Bonchev–Trinajstić information content (AvgIpc) is 2.72. The highest BCUT2D eigenvalue weighted by molar-refractivity contribution is 6.30. The first kappa shape index (κ1) is 19.3. The molecule has 0 aliphatic heterocycles. The van der Waals surface area contributed by atoms with Gasteiger partial charge in [-0.3, -0.25) is 19.9 Å². The normalized spacial score (nSPS) is 10.8. The SMILES string of the molecule is O=C(/C=C/c1cccc([N+](=O)[O-])c1)N(Cc1ccccn1)c1ccc(Cl)cc1. The fourth-order valence-corrected chi connectivity index (χ4v) is 2.70. The molecule has 1 aromatic heterocycles. The standard InChI is InChI=1S/C21H16ClN3O3/c22-17-8-10-19(11-9-17)24(15-18-5-1-2-13-23-18)21(26)12-7-16-4-3-6-20(14-16)25(27)28/h1-14H,15H2/b12-7+. The van der Waals surface area contributed by atoms with E-state index in [1.807, 2.05) is 12.1 Å². The van der Waals surface area contributed by atoms with E-state index in [9.17, 15) is 14.9 Å². The van der Waals surface area contributed by atoms with Gasteiger partial charge in [0.15, 0.2) is 0 Å². The van der Waals surface area contributed by atoms with Crippen LogP contribution in [0.3, 0.4) is 0 Å². The zero-order valence-corrected chi connectivity index (χ0v) is 15.5. The fourth-order valence-electron chi connectivity index (χ4n) is 2.57. The molecule has 0 bridgehead atoms. The number of amides is 1. The molecular weight excluding hydrogens is 378 g/mol. The Kier molecular flexibility index (Phi) is 6.14. The number of hydrogen-bond donors (Lipinski definition) is 0. The lowest BCUT2D eigenvalue weighted by atomic mass is 10.2. The number of benzene rings is 2. The van der Waals surface area contributed by atoms with Gasteiger partial charge in [0.05, 0.1) is 17.2 Å². The molecule has 0 aliphatic rings. The van der Waals surface area contributed by atoms with Gasteiger partial charge in [-0.25, -0.2) is 0 Å². The van der Waals surface area contributed by atoms with Crippen molar-refractivity contribution in [2.45, 2.75) is 6.54 Å². The molecule has 0 fully saturated rings. The van der Waals surface area contributed by atoms with Crippen LogP contribution in [0.5, 0.6) is 0 Å². The number of nitro benzene ring substituents is 1. The van der Waals surface area contributed by atoms with Crippen LogP contribution in [-0.4, -0.2) is 15.8 Å². The summed E-state index contributed by atoms with van der Waals surface area (Å²) in [7, 11) is 0. The van der Waals surface area contributed by atoms with E-state index in [4.69, 9.17) is 11.6 Å². The van der Waals surface area contributed by atoms with Crippen molar-refractivity contribution in [2.24, 2.45) is 0 Å². The van der Waals surface area contributed by atoms with E-state index in [1.54, 1.807) is 59.6 Å². The van der Waals surface area contributed by atoms with Crippen molar-refractivity contribution in [2.75, 3.05) is 4.90 Å². The second kappa shape index (κ2) is 8.92. The summed E-state index contributed by atoms with van der Waals surface area (Å²) in [5.74, 6) is -0.278. The molecule has 1 amide bonds. The molecule has 2 aromatic carbocycles. The molecule has 0 radical (unpaired) electrons. The number of pyridine rings is 1. The van der Waals surface area contributed by atoms with E-state index in [1.165, 1.54) is 18.2 Å². The van der Waals surface area contributed by atoms with Gasteiger partial charge in [-0.15, -0.1) is 0 Å². The van der Waals surface area contributed by atoms with Gasteiger partial charge in [0.2, 0.25) is 0 Å². The van der Waals surface area contributed by atoms with E-state index in [0.29, 0.717) is 16.3 Å². The van der Waals surface area contributed by atoms with E-state index in [-0.39, 0.29) is 18.1 Å². The van der Waals surface area contributed by atoms with Crippen LogP contribution in [0.2, 0.25) is 5.02 Å². The monoisotopic (exact) mass is 393 g/mol. The molecule has 0 saturated heterocycles. The van der Waals surface area contributed by atoms with Crippen LogP contribution in [0.1, 0.15) is 11.3 Å². The molecule has 0 N–H and O–H groups in total. The predicted molar refractivity (Wildman–Crippen MR) is 109 cm³/mol. The van der Waals surface area contributed by atoms with E-state index < -0.39 is 4.92 Å². The van der Waals surface area contributed by atoms with Crippen LogP contribution < -0.4 is 4.90 Å². The van der Waals surface area contributed by atoms with Crippen molar-refractivity contribution in [1.29, 1.82) is 0 Å². The number of aromatic nitrogens is 1. The number of nitrogens with zero attached hydrogens (tertiary/aromatic N) is 3. The van der Waals surface area contributed by atoms with Gasteiger partial charge < -0.3 is 4.90 Å². The third-order valence-electron chi connectivity index (χ3n) is 3.95. The summed E-state index contributed by atoms with van der Waals surface area (Å²) >= 11 is 5.95. The minimum Gasteiger partial charge on any atom is -0.303 e. The number of carbonyl (C=O) groups excluding carboxylic acids is 1. The van der Waals surface area contributed by atoms with Crippen LogP contribution >= 0.6 is 11.6 Å². The molecule has 140 valence electrons. The molecule has 3 aromatic rings. The Hall–Kier alpha value is -3.51. The molecule has 0 unspecified atom stereocenters. The second-order valence-corrected chi connectivity index (χ2v) is 6.34. The van der Waals surface area contributed by atoms with Crippen molar-refractivity contribution in [1.82, 2.24) is 4.98 Å². The van der Waals surface area contributed by atoms with Gasteiger partial charge in [0.1, 0.15) is 0 Å². The minimum absolute atomic E-state index is 0.0300. The van der Waals surface area contributed by atoms with Crippen molar-refractivity contribution >= 4 is 35.0 Å². The third kappa shape index (κ3) is 5.02. The highest BCUT2D eigenvalue weighted by Crippen LogP contribution is 2.21. The molecule has 0 spiro atoms. The topological polar surface area (TPSA) is 76.3 Å². The van der Waals surface area contributed by atoms with Gasteiger partial charge in [0, 0.05) is 35.1 Å². The number of hydrogen-bond acceptors (Lipinski definition) is 4. The summed E-state index contributed by atoms with van der Waals surface area (Å²) in [4.78, 5) is 29.1. The Labute approximate surface area is 166 Å². The number of nitro groups is 1. The van der Waals surface area contributed by atoms with E-state index in [0.717, 1.165) is 5.69 Å². The number of rotatable bonds is 6. The molecule has 0 aliphatic carbocycles. The molecule has 28 heavy (non-hydrogen) atoms. The van der Waals surface area contributed by atoms with Gasteiger partial charge >= 0.3 is 0 Å². The van der Waals surface area contributed by atoms with Gasteiger partial charge in [-0.2, -0.15) is 0 Å². The number of non-ortho nitro benzene ring substituents is 1. The Morgan fingerprint density at radius 2 is 1.89 bits per heavy atom. The van der Waals surface area contributed by atoms with Crippen molar-refractivity contribution in [3.05, 3.63) is 105 Å². The van der Waals surface area contributed by atoms with Gasteiger partial charge in [-0.1, -0.05) is 29.8 Å². The first-order valence-electron chi connectivity index (χ1n) is 8.42.